The van der Waals surface area contributed by atoms with Crippen molar-refractivity contribution in [2.24, 2.45) is 0 Å². The van der Waals surface area contributed by atoms with E-state index in [2.05, 4.69) is 188 Å². The van der Waals surface area contributed by atoms with Gasteiger partial charge in [0.15, 0.2) is 0 Å². The fraction of sp³-hybridized carbons (Fsp3) is 0. The Hall–Kier alpha value is -8.14. The first-order valence-electron chi connectivity index (χ1n) is 20.8. The Morgan fingerprint density at radius 3 is 1.23 bits per heavy atom. The van der Waals surface area contributed by atoms with Gasteiger partial charge in [0, 0.05) is 39.5 Å². The second-order valence-electron chi connectivity index (χ2n) is 16.0. The van der Waals surface area contributed by atoms with Crippen LogP contribution in [0.1, 0.15) is 0 Å². The van der Waals surface area contributed by atoms with Crippen LogP contribution < -0.4 is 0 Å². The summed E-state index contributed by atoms with van der Waals surface area (Å²) in [5.41, 5.74) is 13.2. The zero-order valence-corrected chi connectivity index (χ0v) is 32.9. The Kier molecular flexibility index (Phi) is 7.31. The van der Waals surface area contributed by atoms with Gasteiger partial charge in [-0.3, -0.25) is 9.97 Å². The summed E-state index contributed by atoms with van der Waals surface area (Å²) in [6.45, 7) is 0. The van der Waals surface area contributed by atoms with Crippen LogP contribution in [0.15, 0.2) is 211 Å². The third-order valence-corrected chi connectivity index (χ3v) is 12.8. The highest BCUT2D eigenvalue weighted by Gasteiger charge is 2.19. The maximum absolute atomic E-state index is 6.52. The van der Waals surface area contributed by atoms with Crippen LogP contribution in [0.3, 0.4) is 0 Å². The van der Waals surface area contributed by atoms with Crippen LogP contribution in [0.5, 0.6) is 0 Å². The highest BCUT2D eigenvalue weighted by atomic mass is 16.3. The Morgan fingerprint density at radius 2 is 0.672 bits per heavy atom. The molecule has 0 fully saturated rings. The van der Waals surface area contributed by atoms with Crippen LogP contribution in [0.2, 0.25) is 0 Å². The molecule has 0 saturated carbocycles. The third kappa shape index (κ3) is 5.04. The van der Waals surface area contributed by atoms with Crippen molar-refractivity contribution in [3.8, 4) is 44.5 Å². The molecule has 0 N–H and O–H groups in total. The Balaban J connectivity index is 0.965. The minimum atomic E-state index is 0.909. The number of para-hydroxylation sites is 2. The van der Waals surface area contributed by atoms with Crippen LogP contribution in [0.4, 0.5) is 0 Å². The molecule has 0 aliphatic rings. The highest BCUT2D eigenvalue weighted by molar-refractivity contribution is 6.24. The first-order chi connectivity index (χ1) is 30.3. The maximum Gasteiger partial charge on any atom is 0.143 e. The van der Waals surface area contributed by atoms with E-state index in [1.165, 1.54) is 76.5 Å². The molecule has 3 heteroatoms. The molecule has 2 heterocycles. The van der Waals surface area contributed by atoms with Gasteiger partial charge < -0.3 is 4.42 Å². The molecule has 0 spiro atoms. The Bertz CT molecular complexity index is 3920. The number of benzene rings is 11. The Morgan fingerprint density at radius 1 is 0.262 bits per heavy atom. The summed E-state index contributed by atoms with van der Waals surface area (Å²) < 4.78 is 6.52. The van der Waals surface area contributed by atoms with Crippen molar-refractivity contribution in [1.82, 2.24) is 9.97 Å². The molecule has 0 bridgehead atoms. The molecule has 11 aromatic carbocycles. The van der Waals surface area contributed by atoms with Crippen molar-refractivity contribution in [2.45, 2.75) is 0 Å². The van der Waals surface area contributed by atoms with Crippen molar-refractivity contribution in [3.63, 3.8) is 0 Å². The summed E-state index contributed by atoms with van der Waals surface area (Å²) in [7, 11) is 0. The average Bonchev–Trinajstić information content (AvgIpc) is 3.72. The smallest absolute Gasteiger partial charge is 0.143 e. The molecule has 0 radical (unpaired) electrons. The monoisotopic (exact) mass is 774 g/mol. The molecule has 13 aromatic rings. The van der Waals surface area contributed by atoms with Crippen molar-refractivity contribution < 1.29 is 4.42 Å². The lowest BCUT2D eigenvalue weighted by Crippen LogP contribution is -1.91. The summed E-state index contributed by atoms with van der Waals surface area (Å²) >= 11 is 0. The van der Waals surface area contributed by atoms with Gasteiger partial charge >= 0.3 is 0 Å². The van der Waals surface area contributed by atoms with E-state index in [9.17, 15) is 0 Å². The number of furan rings is 1. The van der Waals surface area contributed by atoms with Crippen LogP contribution >= 0.6 is 0 Å². The summed E-state index contributed by atoms with van der Waals surface area (Å²) in [6.07, 6.45) is 3.57. The minimum Gasteiger partial charge on any atom is -0.455 e. The fourth-order valence-corrected chi connectivity index (χ4v) is 10.1. The second-order valence-corrected chi connectivity index (χ2v) is 16.0. The van der Waals surface area contributed by atoms with Gasteiger partial charge in [-0.15, -0.1) is 0 Å². The zero-order chi connectivity index (χ0) is 40.0. The van der Waals surface area contributed by atoms with Gasteiger partial charge in [-0.05, 0) is 94.2 Å². The quantitative estimate of drug-likeness (QED) is 0.167. The van der Waals surface area contributed by atoms with Gasteiger partial charge in [0.2, 0.25) is 0 Å². The molecule has 0 aliphatic carbocycles. The molecule has 3 nitrogen and oxygen atoms in total. The molecule has 2 aromatic heterocycles. The molecule has 0 saturated heterocycles. The number of hydrogen-bond donors (Lipinski definition) is 0. The first-order valence-corrected chi connectivity index (χ1v) is 20.8. The van der Waals surface area contributed by atoms with Crippen LogP contribution in [-0.4, -0.2) is 9.97 Å². The first kappa shape index (κ1) is 33.8. The number of fused-ring (bicyclic) bond motifs is 12. The molecule has 0 unspecified atom stereocenters. The number of rotatable bonds is 4. The van der Waals surface area contributed by atoms with Crippen LogP contribution in [0.25, 0.3) is 131 Å². The van der Waals surface area contributed by atoms with Gasteiger partial charge in [-0.1, -0.05) is 182 Å². The average molecular weight is 775 g/mol. The van der Waals surface area contributed by atoms with Crippen molar-refractivity contribution in [2.75, 3.05) is 0 Å². The molecular formula is C58H34N2O. The summed E-state index contributed by atoms with van der Waals surface area (Å²) in [6, 6.07) is 70.5. The molecule has 282 valence electrons. The van der Waals surface area contributed by atoms with Gasteiger partial charge in [-0.25, -0.2) is 0 Å². The molecule has 13 rings (SSSR count). The third-order valence-electron chi connectivity index (χ3n) is 12.8. The Labute approximate surface area is 350 Å². The molecule has 0 amide bonds. The molecule has 0 atom stereocenters. The predicted molar refractivity (Wildman–Crippen MR) is 256 cm³/mol. The lowest BCUT2D eigenvalue weighted by atomic mass is 9.86. The highest BCUT2D eigenvalue weighted by Crippen LogP contribution is 2.45. The van der Waals surface area contributed by atoms with E-state index in [0.717, 1.165) is 54.9 Å². The van der Waals surface area contributed by atoms with E-state index in [1.807, 2.05) is 6.07 Å². The van der Waals surface area contributed by atoms with Gasteiger partial charge in [-0.2, -0.15) is 0 Å². The van der Waals surface area contributed by atoms with Crippen LogP contribution in [0, 0.1) is 0 Å². The van der Waals surface area contributed by atoms with E-state index >= 15 is 0 Å². The maximum atomic E-state index is 6.52. The van der Waals surface area contributed by atoms with Crippen molar-refractivity contribution in [1.29, 1.82) is 0 Å². The second kappa shape index (κ2) is 13.2. The predicted octanol–water partition coefficient (Wildman–Crippen LogP) is 16.0. The van der Waals surface area contributed by atoms with E-state index in [1.54, 1.807) is 12.4 Å². The number of nitrogens with zero attached hydrogens (tertiary/aromatic N) is 2. The SMILES string of the molecule is c1ccc2c(c1)oc1c(-c3ccc(-c4ccc(-c5ccc(-c6ccc7c(c6)c6ccccc6c6nccnc76)c6ccccc56)c5ccccc45)c4ccccc34)cccc12. The van der Waals surface area contributed by atoms with E-state index in [-0.39, 0.29) is 0 Å². The lowest BCUT2D eigenvalue weighted by molar-refractivity contribution is 0.670. The van der Waals surface area contributed by atoms with Gasteiger partial charge in [0.1, 0.15) is 11.2 Å². The minimum absolute atomic E-state index is 0.909. The summed E-state index contributed by atoms with van der Waals surface area (Å²) in [5.74, 6) is 0. The summed E-state index contributed by atoms with van der Waals surface area (Å²) in [4.78, 5) is 9.53. The summed E-state index contributed by atoms with van der Waals surface area (Å²) in [5, 5.41) is 14.2. The topological polar surface area (TPSA) is 38.9 Å². The lowest BCUT2D eigenvalue weighted by Gasteiger charge is -2.18. The van der Waals surface area contributed by atoms with Crippen molar-refractivity contribution in [3.05, 3.63) is 207 Å². The van der Waals surface area contributed by atoms with Crippen LogP contribution in [-0.2, 0) is 0 Å². The number of aromatic nitrogens is 2. The van der Waals surface area contributed by atoms with E-state index in [0.29, 0.717) is 0 Å². The molecular weight excluding hydrogens is 741 g/mol. The fourth-order valence-electron chi connectivity index (χ4n) is 10.1. The normalized spacial score (nSPS) is 11.9. The largest absolute Gasteiger partial charge is 0.455 e. The van der Waals surface area contributed by atoms with E-state index in [4.69, 9.17) is 14.4 Å². The zero-order valence-electron chi connectivity index (χ0n) is 32.9. The van der Waals surface area contributed by atoms with Gasteiger partial charge in [0.05, 0.1) is 11.0 Å². The number of hydrogen-bond acceptors (Lipinski definition) is 3. The molecule has 0 aliphatic heterocycles. The van der Waals surface area contributed by atoms with Gasteiger partial charge in [0.25, 0.3) is 0 Å². The van der Waals surface area contributed by atoms with Crippen molar-refractivity contribution >= 4 is 86.8 Å². The molecule has 61 heavy (non-hydrogen) atoms. The standard InChI is InChI=1S/C58H34N2O/c1-2-13-38-37(12-1)36(35-24-25-51-54(34-35)43-18-7-8-20-50(43)56-57(51)60-33-32-59-56)26-27-44(38)45-28-29-46(40-15-4-3-14-39(40)45)47-30-31-48(42-17-6-5-16-41(42)47)52-21-11-22-53-49-19-9-10-23-55(49)61-58(52)53/h1-34H. The van der Waals surface area contributed by atoms with E-state index < -0.39 is 0 Å².